The van der Waals surface area contributed by atoms with E-state index in [9.17, 15) is 4.79 Å². The van der Waals surface area contributed by atoms with Crippen LogP contribution in [0, 0.1) is 0 Å². The number of aromatic amines is 1. The lowest BCUT2D eigenvalue weighted by molar-refractivity contribution is 0.0680. The molecule has 0 fully saturated rings. The molecule has 5 rings (SSSR count). The first kappa shape index (κ1) is 19.1. The molecule has 0 saturated carbocycles. The Morgan fingerprint density at radius 3 is 2.90 bits per heavy atom. The Hall–Kier alpha value is -3.88. The Kier molecular flexibility index (Phi) is 4.78. The summed E-state index contributed by atoms with van der Waals surface area (Å²) in [5.41, 5.74) is 3.88. The minimum absolute atomic E-state index is 0.202. The molecule has 9 nitrogen and oxygen atoms in total. The second-order valence-corrected chi connectivity index (χ2v) is 7.35. The number of benzene rings is 1. The van der Waals surface area contributed by atoms with Crippen LogP contribution in [0.2, 0.25) is 0 Å². The van der Waals surface area contributed by atoms with Gasteiger partial charge in [-0.1, -0.05) is 17.3 Å². The van der Waals surface area contributed by atoms with Crippen molar-refractivity contribution in [2.75, 3.05) is 13.7 Å². The molecule has 3 aromatic heterocycles. The summed E-state index contributed by atoms with van der Waals surface area (Å²) < 4.78 is 12.5. The Bertz CT molecular complexity index is 1210. The zero-order valence-corrected chi connectivity index (χ0v) is 17.3. The van der Waals surface area contributed by atoms with Gasteiger partial charge >= 0.3 is 0 Å². The predicted octanol–water partition coefficient (Wildman–Crippen LogP) is 3.08. The van der Waals surface area contributed by atoms with E-state index in [0.29, 0.717) is 18.7 Å². The van der Waals surface area contributed by atoms with Crippen molar-refractivity contribution in [3.8, 4) is 17.1 Å². The van der Waals surface area contributed by atoms with Gasteiger partial charge in [0.2, 0.25) is 0 Å². The standard InChI is InChI=1S/C22H22N6O3/c1-3-27-12-15(11-25-27)19-10-18(26-31-19)22(29)28-9-8-17-20(24-13-23-17)21(28)14-4-6-16(30-2)7-5-14/h4-7,10-13,21H,3,8-9H2,1-2H3,(H,23,24)/t21-/m0/s1. The largest absolute Gasteiger partial charge is 0.497 e. The van der Waals surface area contributed by atoms with Gasteiger partial charge in [-0.2, -0.15) is 5.10 Å². The van der Waals surface area contributed by atoms with Crippen molar-refractivity contribution in [2.24, 2.45) is 0 Å². The average Bonchev–Trinajstić information content (AvgIpc) is 3.57. The predicted molar refractivity (Wildman–Crippen MR) is 112 cm³/mol. The molecule has 0 bridgehead atoms. The van der Waals surface area contributed by atoms with Crippen molar-refractivity contribution < 1.29 is 14.1 Å². The van der Waals surface area contributed by atoms with Crippen molar-refractivity contribution >= 4 is 5.91 Å². The molecule has 0 saturated heterocycles. The number of nitrogens with one attached hydrogen (secondary N) is 1. The van der Waals surface area contributed by atoms with Gasteiger partial charge in [0.05, 0.1) is 30.9 Å². The fourth-order valence-electron chi connectivity index (χ4n) is 3.94. The summed E-state index contributed by atoms with van der Waals surface area (Å²) in [5.74, 6) is 1.07. The number of amides is 1. The Morgan fingerprint density at radius 2 is 2.16 bits per heavy atom. The zero-order valence-electron chi connectivity index (χ0n) is 17.3. The maximum absolute atomic E-state index is 13.5. The maximum Gasteiger partial charge on any atom is 0.276 e. The van der Waals surface area contributed by atoms with Crippen LogP contribution < -0.4 is 4.74 Å². The van der Waals surface area contributed by atoms with E-state index in [1.165, 1.54) is 0 Å². The van der Waals surface area contributed by atoms with Gasteiger partial charge in [0, 0.05) is 37.5 Å². The van der Waals surface area contributed by atoms with E-state index < -0.39 is 0 Å². The number of hydrogen-bond donors (Lipinski definition) is 1. The summed E-state index contributed by atoms with van der Waals surface area (Å²) in [6.45, 7) is 3.30. The number of rotatable bonds is 5. The van der Waals surface area contributed by atoms with Crippen LogP contribution in [0.1, 0.15) is 40.4 Å². The number of aromatic nitrogens is 5. The Morgan fingerprint density at radius 1 is 1.32 bits per heavy atom. The number of fused-ring (bicyclic) bond motifs is 1. The van der Waals surface area contributed by atoms with E-state index in [0.717, 1.165) is 34.8 Å². The van der Waals surface area contributed by atoms with Gasteiger partial charge in [-0.15, -0.1) is 0 Å². The number of ether oxygens (including phenoxy) is 1. The molecule has 0 aliphatic carbocycles. The number of H-pyrrole nitrogens is 1. The van der Waals surface area contributed by atoms with Crippen molar-refractivity contribution in [3.63, 3.8) is 0 Å². The van der Waals surface area contributed by atoms with Crippen molar-refractivity contribution in [1.29, 1.82) is 0 Å². The molecule has 158 valence electrons. The van der Waals surface area contributed by atoms with Gasteiger partial charge in [-0.3, -0.25) is 9.48 Å². The lowest BCUT2D eigenvalue weighted by Crippen LogP contribution is -2.40. The molecular weight excluding hydrogens is 396 g/mol. The van der Waals surface area contributed by atoms with E-state index in [1.54, 1.807) is 35.3 Å². The number of carbonyl (C=O) groups excluding carboxylic acids is 1. The van der Waals surface area contributed by atoms with Gasteiger partial charge in [0.1, 0.15) is 11.8 Å². The summed E-state index contributed by atoms with van der Waals surface area (Å²) in [6, 6.07) is 9.04. The molecule has 9 heteroatoms. The third-order valence-corrected chi connectivity index (χ3v) is 5.59. The second-order valence-electron chi connectivity index (χ2n) is 7.35. The maximum atomic E-state index is 13.5. The molecule has 0 radical (unpaired) electrons. The summed E-state index contributed by atoms with van der Waals surface area (Å²) in [6.07, 6.45) is 5.94. The Labute approximate surface area is 178 Å². The van der Waals surface area contributed by atoms with Crippen molar-refractivity contribution in [2.45, 2.75) is 25.9 Å². The molecule has 1 amide bonds. The monoisotopic (exact) mass is 418 g/mol. The number of carbonyl (C=O) groups is 1. The number of nitrogens with zero attached hydrogens (tertiary/aromatic N) is 5. The van der Waals surface area contributed by atoms with Crippen LogP contribution in [0.3, 0.4) is 0 Å². The highest BCUT2D eigenvalue weighted by Crippen LogP contribution is 2.35. The van der Waals surface area contributed by atoms with Crippen LogP contribution in [0.5, 0.6) is 5.75 Å². The highest BCUT2D eigenvalue weighted by Gasteiger charge is 2.35. The van der Waals surface area contributed by atoms with Gasteiger partial charge in [0.25, 0.3) is 5.91 Å². The summed E-state index contributed by atoms with van der Waals surface area (Å²) in [4.78, 5) is 23.0. The Balaban J connectivity index is 1.48. The minimum atomic E-state index is -0.323. The minimum Gasteiger partial charge on any atom is -0.497 e. The highest BCUT2D eigenvalue weighted by atomic mass is 16.5. The van der Waals surface area contributed by atoms with E-state index in [-0.39, 0.29) is 17.6 Å². The number of aryl methyl sites for hydroxylation is 1. The normalized spacial score (nSPS) is 15.7. The summed E-state index contributed by atoms with van der Waals surface area (Å²) in [7, 11) is 1.63. The molecule has 31 heavy (non-hydrogen) atoms. The van der Waals surface area contributed by atoms with E-state index in [4.69, 9.17) is 9.26 Å². The molecule has 0 unspecified atom stereocenters. The topological polar surface area (TPSA) is 102 Å². The number of hydrogen-bond acceptors (Lipinski definition) is 6. The van der Waals surface area contributed by atoms with Gasteiger partial charge in [-0.25, -0.2) is 4.98 Å². The van der Waals surface area contributed by atoms with E-state index in [2.05, 4.69) is 20.2 Å². The lowest BCUT2D eigenvalue weighted by Gasteiger charge is -2.34. The highest BCUT2D eigenvalue weighted by molar-refractivity contribution is 5.93. The molecule has 1 N–H and O–H groups in total. The van der Waals surface area contributed by atoms with Gasteiger partial charge < -0.3 is 19.1 Å². The smallest absolute Gasteiger partial charge is 0.276 e. The molecule has 4 heterocycles. The van der Waals surface area contributed by atoms with Crippen LogP contribution in [-0.4, -0.2) is 49.4 Å². The third kappa shape index (κ3) is 3.37. The lowest BCUT2D eigenvalue weighted by atomic mass is 9.95. The molecular formula is C22H22N6O3. The van der Waals surface area contributed by atoms with Crippen molar-refractivity contribution in [3.05, 3.63) is 71.7 Å². The first-order valence-electron chi connectivity index (χ1n) is 10.1. The van der Waals surface area contributed by atoms with Gasteiger partial charge in [-0.05, 0) is 24.6 Å². The van der Waals surface area contributed by atoms with Gasteiger partial charge in [0.15, 0.2) is 11.5 Å². The zero-order chi connectivity index (χ0) is 21.4. The third-order valence-electron chi connectivity index (χ3n) is 5.59. The van der Waals surface area contributed by atoms with Crippen LogP contribution in [0.25, 0.3) is 11.3 Å². The molecule has 1 atom stereocenters. The first-order valence-corrected chi connectivity index (χ1v) is 10.1. The summed E-state index contributed by atoms with van der Waals surface area (Å²) >= 11 is 0. The fourth-order valence-corrected chi connectivity index (χ4v) is 3.94. The van der Waals surface area contributed by atoms with E-state index in [1.807, 2.05) is 37.4 Å². The van der Waals surface area contributed by atoms with Crippen LogP contribution in [0.15, 0.2) is 53.6 Å². The quantitative estimate of drug-likeness (QED) is 0.534. The molecule has 1 aliphatic heterocycles. The number of imidazole rings is 1. The number of methoxy groups -OCH3 is 1. The van der Waals surface area contributed by atoms with Crippen LogP contribution in [-0.2, 0) is 13.0 Å². The second kappa shape index (κ2) is 7.75. The molecule has 4 aromatic rings. The molecule has 0 spiro atoms. The fraction of sp³-hybridized carbons (Fsp3) is 0.273. The van der Waals surface area contributed by atoms with Crippen LogP contribution >= 0.6 is 0 Å². The van der Waals surface area contributed by atoms with E-state index >= 15 is 0 Å². The molecule has 1 aromatic carbocycles. The summed E-state index contributed by atoms with van der Waals surface area (Å²) in [5, 5.41) is 8.30. The SMILES string of the molecule is CCn1cc(-c2cc(C(=O)N3CCc4[nH]cnc4[C@@H]3c3ccc(OC)cc3)no2)cn1. The van der Waals surface area contributed by atoms with Crippen LogP contribution in [0.4, 0.5) is 0 Å². The first-order chi connectivity index (χ1) is 15.2. The van der Waals surface area contributed by atoms with Crippen molar-refractivity contribution in [1.82, 2.24) is 29.8 Å². The molecule has 1 aliphatic rings. The average molecular weight is 418 g/mol.